The van der Waals surface area contributed by atoms with Gasteiger partial charge in [-0.2, -0.15) is 20.5 Å². The van der Waals surface area contributed by atoms with E-state index in [1.165, 1.54) is 12.1 Å². The molecular weight excluding hydrogens is 705 g/mol. The van der Waals surface area contributed by atoms with Gasteiger partial charge in [-0.25, -0.2) is 8.42 Å². The molecule has 9 heteroatoms. The second kappa shape index (κ2) is 14.5. The molecule has 0 saturated heterocycles. The SMILES string of the molecule is CC(C)(C)C1=CC(=CN=Nc2ccc(S(=O)(=O)c3ccc(N=N/C=C4/C=C(C(C)(C)C)C(=O)c5ccccc54)cc3)c3ccccc23)C=C(C(C)(C)C)C1=O. The first-order chi connectivity index (χ1) is 25.8. The largest absolute Gasteiger partial charge is 0.289 e. The molecule has 4 aromatic carbocycles. The van der Waals surface area contributed by atoms with Gasteiger partial charge in [0.25, 0.3) is 0 Å². The third kappa shape index (κ3) is 8.08. The summed E-state index contributed by atoms with van der Waals surface area (Å²) in [5.74, 6) is 0.0502. The van der Waals surface area contributed by atoms with Crippen LogP contribution in [-0.4, -0.2) is 20.0 Å². The van der Waals surface area contributed by atoms with Crippen LogP contribution in [0.3, 0.4) is 0 Å². The quantitative estimate of drug-likeness (QED) is 0.182. The number of ketones is 2. The Labute approximate surface area is 323 Å². The van der Waals surface area contributed by atoms with E-state index in [0.29, 0.717) is 44.4 Å². The summed E-state index contributed by atoms with van der Waals surface area (Å²) < 4.78 is 28.0. The average Bonchev–Trinajstić information content (AvgIpc) is 3.12. The van der Waals surface area contributed by atoms with Crippen LogP contribution in [0.4, 0.5) is 11.4 Å². The summed E-state index contributed by atoms with van der Waals surface area (Å²) in [5.41, 5.74) is 5.02. The fourth-order valence-electron chi connectivity index (χ4n) is 6.59. The molecule has 0 atom stereocenters. The predicted molar refractivity (Wildman–Crippen MR) is 219 cm³/mol. The van der Waals surface area contributed by atoms with Gasteiger partial charge in [0.2, 0.25) is 9.84 Å². The Morgan fingerprint density at radius 2 is 1.05 bits per heavy atom. The molecule has 55 heavy (non-hydrogen) atoms. The van der Waals surface area contributed by atoms with Gasteiger partial charge in [-0.15, -0.1) is 0 Å². The van der Waals surface area contributed by atoms with E-state index in [1.807, 2.05) is 117 Å². The second-order valence-corrected chi connectivity index (χ2v) is 18.8. The molecule has 6 rings (SSSR count). The third-order valence-electron chi connectivity index (χ3n) is 9.60. The molecule has 8 nitrogen and oxygen atoms in total. The number of Topliss-reactive ketones (excluding diaryl/α,β-unsaturated/α-hetero) is 2. The Morgan fingerprint density at radius 3 is 1.65 bits per heavy atom. The Hall–Kier alpha value is -5.67. The molecular formula is C46H46N4O4S. The van der Waals surface area contributed by atoms with Crippen LogP contribution in [0, 0.1) is 16.2 Å². The number of azo groups is 2. The number of sulfone groups is 1. The van der Waals surface area contributed by atoms with Gasteiger partial charge in [0.15, 0.2) is 11.6 Å². The Morgan fingerprint density at radius 1 is 0.527 bits per heavy atom. The standard InChI is InChI=1S/C46H46N4O4S/c1-44(2,3)37-24-29(25-38(43(37)52)45(4,5)6)27-47-50-40-22-23-41(35-16-12-11-15-34(35)40)55(53,54)32-20-18-31(19-21-32)49-48-28-30-26-39(46(7,8)9)42(51)36-17-13-10-14-33(30)36/h10-28H,1-9H3/b30-28-,49-48?,50-47?. The molecule has 0 unspecified atom stereocenters. The van der Waals surface area contributed by atoms with E-state index in [9.17, 15) is 18.0 Å². The van der Waals surface area contributed by atoms with Gasteiger partial charge in [-0.1, -0.05) is 111 Å². The zero-order chi connectivity index (χ0) is 39.9. The van der Waals surface area contributed by atoms with Crippen LogP contribution in [-0.2, 0) is 14.6 Å². The molecule has 2 aliphatic carbocycles. The Kier molecular flexibility index (Phi) is 10.3. The lowest BCUT2D eigenvalue weighted by atomic mass is 9.72. The van der Waals surface area contributed by atoms with E-state index in [4.69, 9.17) is 0 Å². The smallest absolute Gasteiger partial charge is 0.207 e. The zero-order valence-corrected chi connectivity index (χ0v) is 33.6. The molecule has 0 amide bonds. The third-order valence-corrected chi connectivity index (χ3v) is 11.4. The molecule has 0 fully saturated rings. The topological polar surface area (TPSA) is 118 Å². The molecule has 0 bridgehead atoms. The first-order valence-corrected chi connectivity index (χ1v) is 19.7. The Balaban J connectivity index is 1.27. The van der Waals surface area contributed by atoms with Crippen molar-refractivity contribution in [1.82, 2.24) is 0 Å². The van der Waals surface area contributed by atoms with Crippen molar-refractivity contribution in [3.05, 3.63) is 149 Å². The number of benzene rings is 4. The fourth-order valence-corrected chi connectivity index (χ4v) is 8.06. The second-order valence-electron chi connectivity index (χ2n) is 16.9. The lowest BCUT2D eigenvalue weighted by Crippen LogP contribution is -2.27. The summed E-state index contributed by atoms with van der Waals surface area (Å²) in [7, 11) is -3.93. The summed E-state index contributed by atoms with van der Waals surface area (Å²) >= 11 is 0. The molecule has 0 aliphatic heterocycles. The van der Waals surface area contributed by atoms with E-state index in [-0.39, 0.29) is 37.6 Å². The summed E-state index contributed by atoms with van der Waals surface area (Å²) in [5, 5.41) is 18.7. The van der Waals surface area contributed by atoms with Crippen LogP contribution in [0.1, 0.15) is 78.2 Å². The highest BCUT2D eigenvalue weighted by Crippen LogP contribution is 2.40. The molecule has 0 N–H and O–H groups in total. The average molecular weight is 751 g/mol. The summed E-state index contributed by atoms with van der Waals surface area (Å²) in [6, 6.07) is 24.1. The monoisotopic (exact) mass is 750 g/mol. The van der Waals surface area contributed by atoms with E-state index in [0.717, 1.165) is 16.7 Å². The van der Waals surface area contributed by atoms with Gasteiger partial charge < -0.3 is 0 Å². The van der Waals surface area contributed by atoms with Crippen molar-refractivity contribution in [2.24, 2.45) is 36.7 Å². The minimum absolute atomic E-state index is 0.00693. The normalized spacial score (nSPS) is 16.5. The van der Waals surface area contributed by atoms with E-state index < -0.39 is 9.84 Å². The molecule has 0 aromatic heterocycles. The van der Waals surface area contributed by atoms with Crippen LogP contribution in [0.25, 0.3) is 16.3 Å². The van der Waals surface area contributed by atoms with E-state index >= 15 is 0 Å². The highest BCUT2D eigenvalue weighted by Gasteiger charge is 2.34. The number of nitrogens with zero attached hydrogens (tertiary/aromatic N) is 4. The molecule has 0 heterocycles. The van der Waals surface area contributed by atoms with E-state index in [2.05, 4.69) is 20.5 Å². The first kappa shape index (κ1) is 39.0. The Bertz CT molecular complexity index is 2530. The van der Waals surface area contributed by atoms with Crippen molar-refractivity contribution >= 4 is 49.1 Å². The van der Waals surface area contributed by atoms with Crippen molar-refractivity contribution in [2.75, 3.05) is 0 Å². The predicted octanol–water partition coefficient (Wildman–Crippen LogP) is 12.5. The van der Waals surface area contributed by atoms with Crippen LogP contribution in [0.15, 0.2) is 168 Å². The van der Waals surface area contributed by atoms with Crippen LogP contribution in [0.2, 0.25) is 0 Å². The number of hydrogen-bond acceptors (Lipinski definition) is 8. The molecule has 0 radical (unpaired) electrons. The zero-order valence-electron chi connectivity index (χ0n) is 32.8. The summed E-state index contributed by atoms with van der Waals surface area (Å²) in [6.07, 6.45) is 8.86. The molecule has 4 aromatic rings. The van der Waals surface area contributed by atoms with Crippen LogP contribution >= 0.6 is 0 Å². The summed E-state index contributed by atoms with van der Waals surface area (Å²) in [4.78, 5) is 26.7. The maximum Gasteiger partial charge on any atom is 0.207 e. The number of carbonyl (C=O) groups is 2. The van der Waals surface area contributed by atoms with Crippen molar-refractivity contribution in [3.63, 3.8) is 0 Å². The van der Waals surface area contributed by atoms with Gasteiger partial charge in [0.1, 0.15) is 0 Å². The number of hydrogen-bond donors (Lipinski definition) is 0. The first-order valence-electron chi connectivity index (χ1n) is 18.2. The van der Waals surface area contributed by atoms with Crippen molar-refractivity contribution in [3.8, 4) is 0 Å². The highest BCUT2D eigenvalue weighted by atomic mass is 32.2. The number of carbonyl (C=O) groups excluding carboxylic acids is 2. The molecule has 2 aliphatic rings. The van der Waals surface area contributed by atoms with Gasteiger partial charge in [-0.3, -0.25) is 9.59 Å². The molecule has 0 saturated carbocycles. The van der Waals surface area contributed by atoms with Gasteiger partial charge in [0, 0.05) is 38.6 Å². The fraction of sp³-hybridized carbons (Fsp3) is 0.261. The number of allylic oxidation sites excluding steroid dienone is 8. The molecule has 280 valence electrons. The van der Waals surface area contributed by atoms with Gasteiger partial charge >= 0.3 is 0 Å². The van der Waals surface area contributed by atoms with Gasteiger partial charge in [-0.05, 0) is 82.0 Å². The number of fused-ring (bicyclic) bond motifs is 2. The maximum atomic E-state index is 14.0. The minimum Gasteiger partial charge on any atom is -0.289 e. The number of rotatable bonds is 6. The van der Waals surface area contributed by atoms with Crippen molar-refractivity contribution < 1.29 is 18.0 Å². The lowest BCUT2D eigenvalue weighted by Gasteiger charge is -2.31. The maximum absolute atomic E-state index is 14.0. The van der Waals surface area contributed by atoms with E-state index in [1.54, 1.807) is 48.8 Å². The van der Waals surface area contributed by atoms with Crippen LogP contribution in [0.5, 0.6) is 0 Å². The minimum atomic E-state index is -3.93. The van der Waals surface area contributed by atoms with Crippen molar-refractivity contribution in [1.29, 1.82) is 0 Å². The van der Waals surface area contributed by atoms with Crippen LogP contribution < -0.4 is 0 Å². The van der Waals surface area contributed by atoms with Crippen molar-refractivity contribution in [2.45, 2.75) is 72.1 Å². The summed E-state index contributed by atoms with van der Waals surface area (Å²) in [6.45, 7) is 18.1. The van der Waals surface area contributed by atoms with Gasteiger partial charge in [0.05, 0.1) is 33.6 Å². The lowest BCUT2D eigenvalue weighted by molar-refractivity contribution is -0.114. The highest BCUT2D eigenvalue weighted by molar-refractivity contribution is 7.91. The molecule has 0 spiro atoms.